The molecule has 1 aromatic rings. The summed E-state index contributed by atoms with van der Waals surface area (Å²) in [7, 11) is 3.54. The highest BCUT2D eigenvalue weighted by Gasteiger charge is 2.45. The molecular formula is C12H12ClO2S2+. The summed E-state index contributed by atoms with van der Waals surface area (Å²) in [4.78, 5) is 1.40. The number of hydrogen-bond donors (Lipinski definition) is 0. The summed E-state index contributed by atoms with van der Waals surface area (Å²) in [5.74, 6) is 0. The molecular weight excluding hydrogens is 276 g/mol. The largest absolute Gasteiger partial charge is 0.223 e. The normalized spacial score (nSPS) is 24.3. The van der Waals surface area contributed by atoms with Crippen LogP contribution in [-0.2, 0) is 20.4 Å². The van der Waals surface area contributed by atoms with E-state index >= 15 is 0 Å². The van der Waals surface area contributed by atoms with Crippen LogP contribution in [0.1, 0.15) is 19.4 Å². The van der Waals surface area contributed by atoms with Crippen LogP contribution in [0, 0.1) is 0 Å². The van der Waals surface area contributed by atoms with Gasteiger partial charge in [-0.05, 0) is 12.5 Å². The minimum absolute atomic E-state index is 0.134. The van der Waals surface area contributed by atoms with E-state index in [2.05, 4.69) is 0 Å². The quantitative estimate of drug-likeness (QED) is 0.588. The van der Waals surface area contributed by atoms with Gasteiger partial charge in [0.2, 0.25) is 10.3 Å². The Morgan fingerprint density at radius 3 is 2.35 bits per heavy atom. The van der Waals surface area contributed by atoms with Crippen LogP contribution in [0.5, 0.6) is 0 Å². The van der Waals surface area contributed by atoms with Crippen molar-refractivity contribution in [3.63, 3.8) is 0 Å². The molecule has 2 unspecified atom stereocenters. The number of halogens is 1. The molecule has 0 N–H and O–H groups in total. The standard InChI is InChI=1S/C12H12ClO2S2/c1-8-11(10-6-4-3-5-7-10)12(17(14)15)9(2)16(8)13/h3-7,9H,1-2H3/q+1. The van der Waals surface area contributed by atoms with E-state index in [1.165, 1.54) is 0 Å². The number of allylic oxidation sites excluding steroid dienone is 2. The molecule has 1 aromatic carbocycles. The molecule has 1 heterocycles. The van der Waals surface area contributed by atoms with Gasteiger partial charge in [0.25, 0.3) is 0 Å². The van der Waals surface area contributed by atoms with E-state index in [1.807, 2.05) is 44.2 Å². The highest BCUT2D eigenvalue weighted by molar-refractivity contribution is 8.23. The lowest BCUT2D eigenvalue weighted by molar-refractivity contribution is 0.627. The molecule has 5 heteroatoms. The van der Waals surface area contributed by atoms with Gasteiger partial charge >= 0.3 is 0 Å². The van der Waals surface area contributed by atoms with Crippen LogP contribution >= 0.6 is 10.7 Å². The van der Waals surface area contributed by atoms with Crippen molar-refractivity contribution >= 4 is 41.5 Å². The molecule has 0 aromatic heterocycles. The lowest BCUT2D eigenvalue weighted by Gasteiger charge is -2.00. The fourth-order valence-corrected chi connectivity index (χ4v) is 5.22. The average Bonchev–Trinajstić information content (AvgIpc) is 2.55. The molecule has 1 aliphatic heterocycles. The zero-order chi connectivity index (χ0) is 12.6. The van der Waals surface area contributed by atoms with Gasteiger partial charge in [-0.1, -0.05) is 30.3 Å². The smallest absolute Gasteiger partial charge is 0.184 e. The summed E-state index contributed by atoms with van der Waals surface area (Å²) in [5.41, 5.74) is 1.72. The molecule has 0 aliphatic carbocycles. The first-order valence-electron chi connectivity index (χ1n) is 5.16. The fraction of sp³-hybridized carbons (Fsp3) is 0.250. The molecule has 2 rings (SSSR count). The van der Waals surface area contributed by atoms with Crippen LogP contribution in [0.15, 0.2) is 35.2 Å². The number of rotatable bonds is 1. The monoisotopic (exact) mass is 287 g/mol. The second kappa shape index (κ2) is 4.88. The van der Waals surface area contributed by atoms with Gasteiger partial charge in [-0.3, -0.25) is 0 Å². The van der Waals surface area contributed by atoms with Gasteiger partial charge in [-0.2, -0.15) is 8.42 Å². The van der Waals surface area contributed by atoms with Gasteiger partial charge in [0.15, 0.2) is 20.8 Å². The SMILES string of the molecule is CC1=C(c2ccccc2)C(=S(=O)=O)C(C)[S+]1Cl. The summed E-state index contributed by atoms with van der Waals surface area (Å²) in [6, 6.07) is 9.54. The summed E-state index contributed by atoms with van der Waals surface area (Å²) in [6.45, 7) is 3.77. The predicted octanol–water partition coefficient (Wildman–Crippen LogP) is 2.64. The predicted molar refractivity (Wildman–Crippen MR) is 75.6 cm³/mol. The Bertz CT molecular complexity index is 595. The molecule has 0 bridgehead atoms. The Morgan fingerprint density at radius 1 is 1.24 bits per heavy atom. The Hall–Kier alpha value is -0.710. The maximum absolute atomic E-state index is 11.4. The first-order chi connectivity index (χ1) is 8.04. The van der Waals surface area contributed by atoms with Crippen molar-refractivity contribution in [3.05, 3.63) is 40.8 Å². The van der Waals surface area contributed by atoms with Gasteiger partial charge in [-0.25, -0.2) is 0 Å². The Balaban J connectivity index is 2.70. The van der Waals surface area contributed by atoms with Crippen LogP contribution in [-0.4, -0.2) is 18.5 Å². The van der Waals surface area contributed by atoms with Crippen LogP contribution in [0.2, 0.25) is 0 Å². The van der Waals surface area contributed by atoms with Gasteiger partial charge < -0.3 is 0 Å². The fourth-order valence-electron chi connectivity index (χ4n) is 2.00. The second-order valence-corrected chi connectivity index (χ2v) is 7.62. The highest BCUT2D eigenvalue weighted by Crippen LogP contribution is 2.38. The molecule has 2 atom stereocenters. The third-order valence-corrected chi connectivity index (χ3v) is 7.02. The van der Waals surface area contributed by atoms with Gasteiger partial charge in [-0.15, -0.1) is 0 Å². The Morgan fingerprint density at radius 2 is 1.82 bits per heavy atom. The van der Waals surface area contributed by atoms with Crippen LogP contribution in [0.25, 0.3) is 5.57 Å². The van der Waals surface area contributed by atoms with Gasteiger partial charge in [0.1, 0.15) is 15.0 Å². The first kappa shape index (κ1) is 12.7. The third-order valence-electron chi connectivity index (χ3n) is 2.81. The van der Waals surface area contributed by atoms with E-state index in [1.54, 1.807) is 0 Å². The van der Waals surface area contributed by atoms with Crippen molar-refractivity contribution in [2.45, 2.75) is 19.1 Å². The lowest BCUT2D eigenvalue weighted by Crippen LogP contribution is -2.17. The van der Waals surface area contributed by atoms with Crippen molar-refractivity contribution in [2.75, 3.05) is 0 Å². The van der Waals surface area contributed by atoms with E-state index in [0.29, 0.717) is 4.86 Å². The van der Waals surface area contributed by atoms with Crippen molar-refractivity contribution in [2.24, 2.45) is 0 Å². The molecule has 0 spiro atoms. The summed E-state index contributed by atoms with van der Waals surface area (Å²) in [6.07, 6.45) is 0. The van der Waals surface area contributed by atoms with Gasteiger partial charge in [0.05, 0.1) is 5.57 Å². The van der Waals surface area contributed by atoms with Crippen molar-refractivity contribution < 1.29 is 8.42 Å². The van der Waals surface area contributed by atoms with Crippen LogP contribution in [0.3, 0.4) is 0 Å². The minimum atomic E-state index is -2.21. The molecule has 17 heavy (non-hydrogen) atoms. The van der Waals surface area contributed by atoms with Crippen molar-refractivity contribution in [3.8, 4) is 0 Å². The van der Waals surface area contributed by atoms with E-state index in [0.717, 1.165) is 16.0 Å². The van der Waals surface area contributed by atoms with Gasteiger partial charge in [0, 0.05) is 6.92 Å². The molecule has 1 aliphatic rings. The molecule has 0 saturated carbocycles. The topological polar surface area (TPSA) is 34.1 Å². The van der Waals surface area contributed by atoms with E-state index < -0.39 is 20.4 Å². The molecule has 0 radical (unpaired) electrons. The number of benzene rings is 1. The average molecular weight is 288 g/mol. The zero-order valence-corrected chi connectivity index (χ0v) is 11.9. The lowest BCUT2D eigenvalue weighted by atomic mass is 10.0. The third kappa shape index (κ3) is 2.17. The Kier molecular flexibility index (Phi) is 3.66. The Labute approximate surface area is 110 Å². The van der Waals surface area contributed by atoms with Crippen LogP contribution < -0.4 is 0 Å². The number of hydrogen-bond acceptors (Lipinski definition) is 2. The van der Waals surface area contributed by atoms with E-state index in [-0.39, 0.29) is 5.25 Å². The van der Waals surface area contributed by atoms with E-state index in [4.69, 9.17) is 10.7 Å². The maximum Gasteiger partial charge on any atom is 0.223 e. The molecule has 0 amide bonds. The maximum atomic E-state index is 11.4. The molecule has 90 valence electrons. The van der Waals surface area contributed by atoms with Crippen molar-refractivity contribution in [1.82, 2.24) is 0 Å². The first-order valence-corrected chi connectivity index (χ1v) is 8.35. The molecule has 2 nitrogen and oxygen atoms in total. The summed E-state index contributed by atoms with van der Waals surface area (Å²) >= 11 is 0. The zero-order valence-electron chi connectivity index (χ0n) is 9.48. The summed E-state index contributed by atoms with van der Waals surface area (Å²) < 4.78 is 22.7. The summed E-state index contributed by atoms with van der Waals surface area (Å²) in [5, 5.41) is -0.134. The molecule has 0 saturated heterocycles. The molecule has 0 fully saturated rings. The highest BCUT2D eigenvalue weighted by atomic mass is 35.7. The van der Waals surface area contributed by atoms with E-state index in [9.17, 15) is 8.42 Å². The second-order valence-electron chi connectivity index (χ2n) is 3.82. The minimum Gasteiger partial charge on any atom is -0.184 e. The van der Waals surface area contributed by atoms with Crippen molar-refractivity contribution in [1.29, 1.82) is 0 Å². The van der Waals surface area contributed by atoms with Crippen LogP contribution in [0.4, 0.5) is 0 Å².